The van der Waals surface area contributed by atoms with Crippen LogP contribution in [0.1, 0.15) is 33.1 Å². The van der Waals surface area contributed by atoms with Gasteiger partial charge in [-0.3, -0.25) is 4.90 Å². The van der Waals surface area contributed by atoms with Crippen molar-refractivity contribution in [3.05, 3.63) is 0 Å². The Hall–Kier alpha value is -0.810. The molecule has 0 amide bonds. The van der Waals surface area contributed by atoms with Crippen LogP contribution in [-0.4, -0.2) is 47.7 Å². The van der Waals surface area contributed by atoms with E-state index < -0.39 is 0 Å². The fraction of sp³-hybridized carbons (Fsp3) is 0.909. The van der Waals surface area contributed by atoms with Crippen LogP contribution in [0.3, 0.4) is 0 Å². The summed E-state index contributed by atoms with van der Waals surface area (Å²) in [5, 5.41) is 14.8. The molecular weight excluding hydrogens is 204 g/mol. The minimum atomic E-state index is -0.0720. The van der Waals surface area contributed by atoms with Gasteiger partial charge in [0.1, 0.15) is 0 Å². The van der Waals surface area contributed by atoms with E-state index in [9.17, 15) is 0 Å². The van der Waals surface area contributed by atoms with E-state index in [0.717, 1.165) is 6.54 Å². The SMILES string of the molecule is CC(NCC(C)N1CCCCC1)C(N)=NO. The average molecular weight is 228 g/mol. The van der Waals surface area contributed by atoms with Gasteiger partial charge in [-0.2, -0.15) is 0 Å². The van der Waals surface area contributed by atoms with Crippen molar-refractivity contribution in [1.82, 2.24) is 10.2 Å². The molecule has 0 aromatic rings. The van der Waals surface area contributed by atoms with Crippen LogP contribution in [0.4, 0.5) is 0 Å². The highest BCUT2D eigenvalue weighted by atomic mass is 16.4. The van der Waals surface area contributed by atoms with Gasteiger partial charge >= 0.3 is 0 Å². The van der Waals surface area contributed by atoms with Crippen LogP contribution >= 0.6 is 0 Å². The summed E-state index contributed by atoms with van der Waals surface area (Å²) >= 11 is 0. The van der Waals surface area contributed by atoms with Gasteiger partial charge in [-0.1, -0.05) is 11.6 Å². The molecule has 0 radical (unpaired) electrons. The molecule has 2 unspecified atom stereocenters. The molecule has 5 nitrogen and oxygen atoms in total. The molecule has 1 saturated heterocycles. The van der Waals surface area contributed by atoms with Gasteiger partial charge < -0.3 is 16.3 Å². The van der Waals surface area contributed by atoms with E-state index in [0.29, 0.717) is 6.04 Å². The van der Waals surface area contributed by atoms with Gasteiger partial charge in [0.25, 0.3) is 0 Å². The number of likely N-dealkylation sites (tertiary alicyclic amines) is 1. The second-order valence-electron chi connectivity index (χ2n) is 4.60. The van der Waals surface area contributed by atoms with Crippen LogP contribution in [0, 0.1) is 0 Å². The Morgan fingerprint density at radius 2 is 2.00 bits per heavy atom. The first-order valence-corrected chi connectivity index (χ1v) is 6.10. The van der Waals surface area contributed by atoms with Crippen molar-refractivity contribution in [3.63, 3.8) is 0 Å². The lowest BCUT2D eigenvalue weighted by atomic mass is 10.1. The number of piperidine rings is 1. The summed E-state index contributed by atoms with van der Waals surface area (Å²) in [6.45, 7) is 7.38. The van der Waals surface area contributed by atoms with Crippen molar-refractivity contribution in [3.8, 4) is 0 Å². The van der Waals surface area contributed by atoms with Gasteiger partial charge in [-0.05, 0) is 39.8 Å². The van der Waals surface area contributed by atoms with Crippen molar-refractivity contribution >= 4 is 5.84 Å². The van der Waals surface area contributed by atoms with Crippen LogP contribution in [0.5, 0.6) is 0 Å². The van der Waals surface area contributed by atoms with Crippen LogP contribution in [0.2, 0.25) is 0 Å². The smallest absolute Gasteiger partial charge is 0.156 e. The fourth-order valence-corrected chi connectivity index (χ4v) is 2.03. The van der Waals surface area contributed by atoms with Crippen molar-refractivity contribution in [2.45, 2.75) is 45.2 Å². The second-order valence-corrected chi connectivity index (χ2v) is 4.60. The lowest BCUT2D eigenvalue weighted by Gasteiger charge is -2.33. The molecule has 2 atom stereocenters. The quantitative estimate of drug-likeness (QED) is 0.279. The zero-order valence-corrected chi connectivity index (χ0v) is 10.3. The van der Waals surface area contributed by atoms with E-state index in [2.05, 4.69) is 22.3 Å². The maximum absolute atomic E-state index is 8.53. The molecule has 1 heterocycles. The first-order chi connectivity index (χ1) is 7.65. The number of hydrogen-bond donors (Lipinski definition) is 3. The van der Waals surface area contributed by atoms with Crippen molar-refractivity contribution < 1.29 is 5.21 Å². The highest BCUT2D eigenvalue weighted by Gasteiger charge is 2.17. The van der Waals surface area contributed by atoms with E-state index in [-0.39, 0.29) is 11.9 Å². The second kappa shape index (κ2) is 6.70. The van der Waals surface area contributed by atoms with Crippen LogP contribution in [0.15, 0.2) is 5.16 Å². The van der Waals surface area contributed by atoms with Crippen molar-refractivity contribution in [1.29, 1.82) is 0 Å². The van der Waals surface area contributed by atoms with Gasteiger partial charge in [0.15, 0.2) is 5.84 Å². The monoisotopic (exact) mass is 228 g/mol. The number of nitrogens with one attached hydrogen (secondary N) is 1. The van der Waals surface area contributed by atoms with Gasteiger partial charge in [-0.25, -0.2) is 0 Å². The van der Waals surface area contributed by atoms with E-state index >= 15 is 0 Å². The largest absolute Gasteiger partial charge is 0.409 e. The zero-order valence-electron chi connectivity index (χ0n) is 10.3. The number of oxime groups is 1. The number of rotatable bonds is 5. The van der Waals surface area contributed by atoms with Crippen molar-refractivity contribution in [2.75, 3.05) is 19.6 Å². The molecule has 5 heteroatoms. The highest BCUT2D eigenvalue weighted by Crippen LogP contribution is 2.11. The molecule has 0 saturated carbocycles. The standard InChI is InChI=1S/C11H24N4O/c1-9(15-6-4-3-5-7-15)8-13-10(2)11(12)14-16/h9-10,13,16H,3-8H2,1-2H3,(H2,12,14). The topological polar surface area (TPSA) is 73.9 Å². The molecule has 1 aliphatic heterocycles. The number of hydrogen-bond acceptors (Lipinski definition) is 4. The van der Waals surface area contributed by atoms with E-state index in [1.54, 1.807) is 0 Å². The minimum absolute atomic E-state index is 0.0720. The minimum Gasteiger partial charge on any atom is -0.409 e. The molecule has 16 heavy (non-hydrogen) atoms. The number of nitrogens with zero attached hydrogens (tertiary/aromatic N) is 2. The summed E-state index contributed by atoms with van der Waals surface area (Å²) in [5.74, 6) is 0.242. The molecular formula is C11H24N4O. The predicted molar refractivity (Wildman–Crippen MR) is 65.8 cm³/mol. The Kier molecular flexibility index (Phi) is 5.55. The van der Waals surface area contributed by atoms with E-state index in [4.69, 9.17) is 10.9 Å². The first kappa shape index (κ1) is 13.3. The van der Waals surface area contributed by atoms with Crippen LogP contribution in [0.25, 0.3) is 0 Å². The zero-order chi connectivity index (χ0) is 12.0. The summed E-state index contributed by atoms with van der Waals surface area (Å²) in [6, 6.07) is 0.437. The lowest BCUT2D eigenvalue weighted by Crippen LogP contribution is -2.48. The summed E-state index contributed by atoms with van der Waals surface area (Å²) in [5.41, 5.74) is 5.51. The average Bonchev–Trinajstić information content (AvgIpc) is 2.35. The highest BCUT2D eigenvalue weighted by molar-refractivity contribution is 5.84. The number of nitrogens with two attached hydrogens (primary N) is 1. The van der Waals surface area contributed by atoms with Gasteiger partial charge in [-0.15, -0.1) is 0 Å². The molecule has 4 N–H and O–H groups in total. The molecule has 1 rings (SSSR count). The third-order valence-corrected chi connectivity index (χ3v) is 3.29. The molecule has 94 valence electrons. The maximum atomic E-state index is 8.53. The Morgan fingerprint density at radius 3 is 2.56 bits per heavy atom. The van der Waals surface area contributed by atoms with Gasteiger partial charge in [0.2, 0.25) is 0 Å². The Balaban J connectivity index is 2.25. The molecule has 0 aromatic heterocycles. The van der Waals surface area contributed by atoms with E-state index in [1.807, 2.05) is 6.92 Å². The molecule has 1 fully saturated rings. The van der Waals surface area contributed by atoms with Crippen LogP contribution < -0.4 is 11.1 Å². The Bertz CT molecular complexity index is 226. The van der Waals surface area contributed by atoms with Crippen molar-refractivity contribution in [2.24, 2.45) is 10.9 Å². The first-order valence-electron chi connectivity index (χ1n) is 6.10. The molecule has 0 aliphatic carbocycles. The fourth-order valence-electron chi connectivity index (χ4n) is 2.03. The Labute approximate surface area is 97.7 Å². The third kappa shape index (κ3) is 3.98. The normalized spacial score (nSPS) is 23.0. The van der Waals surface area contributed by atoms with E-state index in [1.165, 1.54) is 32.4 Å². The number of amidine groups is 1. The maximum Gasteiger partial charge on any atom is 0.156 e. The summed E-state index contributed by atoms with van der Waals surface area (Å²) in [7, 11) is 0. The molecule has 0 aromatic carbocycles. The lowest BCUT2D eigenvalue weighted by molar-refractivity contribution is 0.170. The molecule has 0 bridgehead atoms. The summed E-state index contributed by atoms with van der Waals surface area (Å²) in [4.78, 5) is 2.50. The molecule has 1 aliphatic rings. The Morgan fingerprint density at radius 1 is 1.38 bits per heavy atom. The molecule has 0 spiro atoms. The predicted octanol–water partition coefficient (Wildman–Crippen LogP) is 0.585. The van der Waals surface area contributed by atoms with Gasteiger partial charge in [0, 0.05) is 12.6 Å². The van der Waals surface area contributed by atoms with Crippen LogP contribution in [-0.2, 0) is 0 Å². The summed E-state index contributed by atoms with van der Waals surface area (Å²) < 4.78 is 0. The third-order valence-electron chi connectivity index (χ3n) is 3.29. The van der Waals surface area contributed by atoms with Gasteiger partial charge in [0.05, 0.1) is 6.04 Å². The summed E-state index contributed by atoms with van der Waals surface area (Å²) in [6.07, 6.45) is 3.97.